The summed E-state index contributed by atoms with van der Waals surface area (Å²) in [6, 6.07) is 64.4. The van der Waals surface area contributed by atoms with Crippen molar-refractivity contribution in [3.8, 4) is 11.1 Å². The molecule has 9 aromatic carbocycles. The first kappa shape index (κ1) is 30.0. The van der Waals surface area contributed by atoms with Gasteiger partial charge in [0.2, 0.25) is 0 Å². The SMILES string of the molecule is c1ccc2c(N(c3ccc4sc5cccc(-c6ccc7c(c6)oc6ccccc67)c5c4c3)c3ccc4sc5ccc6ccccc6c5c4c3)cccc2c1. The summed E-state index contributed by atoms with van der Waals surface area (Å²) in [5, 5.41) is 12.5. The summed E-state index contributed by atoms with van der Waals surface area (Å²) in [7, 11) is 0. The number of thiophene rings is 2. The second kappa shape index (κ2) is 11.5. The summed E-state index contributed by atoms with van der Waals surface area (Å²) in [6.45, 7) is 0. The molecular formula is C50H29NOS2. The standard InChI is InChI=1S/C50H29NOS2/c1-3-12-35-30(9-1)11-7-16-42(35)51(33-22-26-46-40(28-33)49-36-13-4-2-10-31(36)20-24-48(49)54-46)34-21-25-45-41(29-34)50-37(15-8-18-47(50)53-45)32-19-23-39-38-14-5-6-17-43(38)52-44(39)27-32/h1-29H. The first-order chi connectivity index (χ1) is 26.7. The van der Waals surface area contributed by atoms with Crippen molar-refractivity contribution in [3.05, 3.63) is 176 Å². The molecule has 0 fully saturated rings. The Labute approximate surface area is 318 Å². The van der Waals surface area contributed by atoms with E-state index in [0.717, 1.165) is 44.6 Å². The molecule has 0 atom stereocenters. The molecule has 54 heavy (non-hydrogen) atoms. The Bertz CT molecular complexity index is 3470. The zero-order valence-corrected chi connectivity index (χ0v) is 30.5. The number of hydrogen-bond acceptors (Lipinski definition) is 4. The highest BCUT2D eigenvalue weighted by Gasteiger charge is 2.20. The van der Waals surface area contributed by atoms with Crippen LogP contribution in [-0.2, 0) is 0 Å². The minimum atomic E-state index is 0.914. The Morgan fingerprint density at radius 2 is 0.981 bits per heavy atom. The Morgan fingerprint density at radius 3 is 1.80 bits per heavy atom. The van der Waals surface area contributed by atoms with Crippen LogP contribution in [-0.4, -0.2) is 0 Å². The lowest BCUT2D eigenvalue weighted by atomic mass is 9.98. The lowest BCUT2D eigenvalue weighted by Gasteiger charge is -2.27. The summed E-state index contributed by atoms with van der Waals surface area (Å²) >= 11 is 3.73. The molecule has 0 aliphatic carbocycles. The largest absolute Gasteiger partial charge is 0.456 e. The van der Waals surface area contributed by atoms with Crippen molar-refractivity contribution >= 4 is 124 Å². The highest BCUT2D eigenvalue weighted by molar-refractivity contribution is 7.26. The van der Waals surface area contributed by atoms with Gasteiger partial charge < -0.3 is 9.32 Å². The van der Waals surface area contributed by atoms with Gasteiger partial charge in [0.15, 0.2) is 0 Å². The first-order valence-corrected chi connectivity index (χ1v) is 19.9. The second-order valence-corrected chi connectivity index (χ2v) is 16.2. The van der Waals surface area contributed by atoms with Crippen molar-refractivity contribution in [2.24, 2.45) is 0 Å². The lowest BCUT2D eigenvalue weighted by molar-refractivity contribution is 0.669. The van der Waals surface area contributed by atoms with Crippen molar-refractivity contribution in [3.63, 3.8) is 0 Å². The predicted molar refractivity (Wildman–Crippen MR) is 235 cm³/mol. The maximum absolute atomic E-state index is 6.35. The van der Waals surface area contributed by atoms with E-state index in [1.165, 1.54) is 67.5 Å². The summed E-state index contributed by atoms with van der Waals surface area (Å²) in [5.74, 6) is 0. The first-order valence-electron chi connectivity index (χ1n) is 18.2. The van der Waals surface area contributed by atoms with Gasteiger partial charge in [-0.25, -0.2) is 0 Å². The van der Waals surface area contributed by atoms with E-state index in [1.807, 2.05) is 34.8 Å². The second-order valence-electron chi connectivity index (χ2n) is 14.0. The van der Waals surface area contributed by atoms with Crippen LogP contribution in [0.3, 0.4) is 0 Å². The third-order valence-corrected chi connectivity index (χ3v) is 13.3. The number of rotatable bonds is 4. The topological polar surface area (TPSA) is 16.4 Å². The number of anilines is 3. The maximum Gasteiger partial charge on any atom is 0.136 e. The predicted octanol–water partition coefficient (Wildman–Crippen LogP) is 15.8. The van der Waals surface area contributed by atoms with Gasteiger partial charge in [0.25, 0.3) is 0 Å². The van der Waals surface area contributed by atoms with Crippen molar-refractivity contribution in [2.45, 2.75) is 0 Å². The van der Waals surface area contributed by atoms with Crippen LogP contribution in [0.25, 0.3) is 95.0 Å². The Kier molecular flexibility index (Phi) is 6.41. The van der Waals surface area contributed by atoms with Gasteiger partial charge in [-0.15, -0.1) is 22.7 Å². The monoisotopic (exact) mass is 723 g/mol. The van der Waals surface area contributed by atoms with Crippen LogP contribution < -0.4 is 4.90 Å². The molecule has 2 nitrogen and oxygen atoms in total. The van der Waals surface area contributed by atoms with Gasteiger partial charge in [0.05, 0.1) is 5.69 Å². The van der Waals surface area contributed by atoms with Crippen molar-refractivity contribution in [1.29, 1.82) is 0 Å². The average Bonchev–Trinajstić information content (AvgIpc) is 3.92. The molecule has 0 N–H and O–H groups in total. The number of benzene rings is 9. The van der Waals surface area contributed by atoms with Crippen LogP contribution in [0.5, 0.6) is 0 Å². The number of fused-ring (bicyclic) bond motifs is 12. The van der Waals surface area contributed by atoms with Crippen molar-refractivity contribution in [2.75, 3.05) is 4.90 Å². The summed E-state index contributed by atoms with van der Waals surface area (Å²) in [6.07, 6.45) is 0. The van der Waals surface area contributed by atoms with Crippen LogP contribution >= 0.6 is 22.7 Å². The molecule has 0 saturated heterocycles. The van der Waals surface area contributed by atoms with Gasteiger partial charge in [0.1, 0.15) is 11.2 Å². The Hall–Kier alpha value is -6.46. The van der Waals surface area contributed by atoms with Gasteiger partial charge in [-0.3, -0.25) is 0 Å². The minimum Gasteiger partial charge on any atom is -0.456 e. The van der Waals surface area contributed by atoms with E-state index in [2.05, 4.69) is 169 Å². The van der Waals surface area contributed by atoms with Crippen LogP contribution in [0.1, 0.15) is 0 Å². The molecule has 0 radical (unpaired) electrons. The van der Waals surface area contributed by atoms with Crippen LogP contribution in [0.4, 0.5) is 17.1 Å². The minimum absolute atomic E-state index is 0.914. The fraction of sp³-hybridized carbons (Fsp3) is 0. The highest BCUT2D eigenvalue weighted by Crippen LogP contribution is 2.47. The summed E-state index contributed by atoms with van der Waals surface area (Å²) < 4.78 is 11.5. The molecule has 0 amide bonds. The van der Waals surface area contributed by atoms with E-state index < -0.39 is 0 Å². The summed E-state index contributed by atoms with van der Waals surface area (Å²) in [5.41, 5.74) is 7.64. The third kappa shape index (κ3) is 4.45. The molecule has 4 heteroatoms. The van der Waals surface area contributed by atoms with Crippen molar-refractivity contribution in [1.82, 2.24) is 0 Å². The molecule has 0 aliphatic rings. The molecule has 0 saturated carbocycles. The molecule has 3 heterocycles. The molecular weight excluding hydrogens is 695 g/mol. The van der Waals surface area contributed by atoms with E-state index in [0.29, 0.717) is 0 Å². The molecule has 0 unspecified atom stereocenters. The molecule has 0 bridgehead atoms. The highest BCUT2D eigenvalue weighted by atomic mass is 32.1. The normalized spacial score (nSPS) is 12.1. The zero-order chi connectivity index (χ0) is 35.3. The number of furan rings is 1. The lowest BCUT2D eigenvalue weighted by Crippen LogP contribution is -2.10. The van der Waals surface area contributed by atoms with Gasteiger partial charge >= 0.3 is 0 Å². The Balaban J connectivity index is 1.10. The van der Waals surface area contributed by atoms with E-state index >= 15 is 0 Å². The average molecular weight is 724 g/mol. The quantitative estimate of drug-likeness (QED) is 0.180. The Morgan fingerprint density at radius 1 is 0.370 bits per heavy atom. The van der Waals surface area contributed by atoms with Crippen LogP contribution in [0, 0.1) is 0 Å². The fourth-order valence-corrected chi connectivity index (χ4v) is 10.8. The van der Waals surface area contributed by atoms with E-state index in [4.69, 9.17) is 4.42 Å². The molecule has 12 rings (SSSR count). The third-order valence-electron chi connectivity index (χ3n) is 11.0. The molecule has 0 aliphatic heterocycles. The van der Waals surface area contributed by atoms with E-state index in [9.17, 15) is 0 Å². The van der Waals surface area contributed by atoms with Crippen molar-refractivity contribution < 1.29 is 4.42 Å². The van der Waals surface area contributed by atoms with E-state index in [-0.39, 0.29) is 0 Å². The van der Waals surface area contributed by atoms with Crippen LogP contribution in [0.15, 0.2) is 180 Å². The molecule has 0 spiro atoms. The van der Waals surface area contributed by atoms with Gasteiger partial charge in [-0.2, -0.15) is 0 Å². The molecule has 252 valence electrons. The van der Waals surface area contributed by atoms with Gasteiger partial charge in [-0.05, 0) is 100 Å². The molecule has 12 aromatic rings. The van der Waals surface area contributed by atoms with E-state index in [1.54, 1.807) is 0 Å². The van der Waals surface area contributed by atoms with Crippen LogP contribution in [0.2, 0.25) is 0 Å². The zero-order valence-electron chi connectivity index (χ0n) is 28.9. The van der Waals surface area contributed by atoms with Gasteiger partial charge in [-0.1, -0.05) is 103 Å². The maximum atomic E-state index is 6.35. The molecule has 3 aromatic heterocycles. The van der Waals surface area contributed by atoms with Gasteiger partial charge in [0, 0.05) is 67.9 Å². The number of para-hydroxylation sites is 1. The number of hydrogen-bond donors (Lipinski definition) is 0. The summed E-state index contributed by atoms with van der Waals surface area (Å²) in [4.78, 5) is 2.46. The smallest absolute Gasteiger partial charge is 0.136 e. The number of nitrogens with zero attached hydrogens (tertiary/aromatic N) is 1. The fourth-order valence-electron chi connectivity index (χ4n) is 8.59.